The van der Waals surface area contributed by atoms with E-state index in [0.29, 0.717) is 11.3 Å². The topological polar surface area (TPSA) is 55.6 Å². The first-order valence-electron chi connectivity index (χ1n) is 6.24. The molecular weight excluding hydrogens is 240 g/mol. The van der Waals surface area contributed by atoms with Gasteiger partial charge in [-0.1, -0.05) is 26.0 Å². The molecule has 0 saturated carbocycles. The Balaban J connectivity index is 0. The molecule has 0 fully saturated rings. The Kier molecular flexibility index (Phi) is 13.0. The average Bonchev–Trinajstić information content (AvgIpc) is 2.49. The summed E-state index contributed by atoms with van der Waals surface area (Å²) < 4.78 is 5.04. The lowest BCUT2D eigenvalue weighted by atomic mass is 10.1. The largest absolute Gasteiger partial charge is 0.497 e. The highest BCUT2D eigenvalue weighted by molar-refractivity contribution is 6.04. The third kappa shape index (κ3) is 8.85. The summed E-state index contributed by atoms with van der Waals surface area (Å²) >= 11 is 0. The summed E-state index contributed by atoms with van der Waals surface area (Å²) in [5.74, 6) is 0.668. The number of benzene rings is 1. The molecule has 0 unspecified atom stereocenters. The Morgan fingerprint density at radius 2 is 1.84 bits per heavy atom. The molecule has 0 radical (unpaired) electrons. The minimum absolute atomic E-state index is 0.0254. The van der Waals surface area contributed by atoms with Gasteiger partial charge in [-0.05, 0) is 19.2 Å². The first kappa shape index (κ1) is 19.5. The van der Waals surface area contributed by atoms with E-state index in [1.165, 1.54) is 13.1 Å². The van der Waals surface area contributed by atoms with Gasteiger partial charge < -0.3 is 15.4 Å². The van der Waals surface area contributed by atoms with Gasteiger partial charge >= 0.3 is 0 Å². The van der Waals surface area contributed by atoms with Crippen molar-refractivity contribution in [1.82, 2.24) is 4.90 Å². The van der Waals surface area contributed by atoms with Gasteiger partial charge in [0.15, 0.2) is 5.78 Å². The van der Waals surface area contributed by atoms with Gasteiger partial charge in [-0.25, -0.2) is 0 Å². The average molecular weight is 266 g/mol. The van der Waals surface area contributed by atoms with Crippen LogP contribution in [0.1, 0.15) is 24.2 Å². The van der Waals surface area contributed by atoms with Crippen molar-refractivity contribution in [2.24, 2.45) is 5.73 Å². The molecule has 1 rings (SSSR count). The van der Waals surface area contributed by atoms with Crippen molar-refractivity contribution in [3.05, 3.63) is 42.1 Å². The number of carbonyl (C=O) groups excluding carboxylic acids is 1. The van der Waals surface area contributed by atoms with Crippen LogP contribution in [0.2, 0.25) is 0 Å². The molecule has 19 heavy (non-hydrogen) atoms. The number of nitrogens with zero attached hydrogens (tertiary/aromatic N) is 1. The van der Waals surface area contributed by atoms with Crippen LogP contribution in [-0.4, -0.2) is 38.9 Å². The van der Waals surface area contributed by atoms with E-state index < -0.39 is 0 Å². The zero-order valence-electron chi connectivity index (χ0n) is 12.8. The highest BCUT2D eigenvalue weighted by Crippen LogP contribution is 2.13. The summed E-state index contributed by atoms with van der Waals surface area (Å²) in [5, 5.41) is 0. The van der Waals surface area contributed by atoms with E-state index in [4.69, 9.17) is 4.74 Å². The molecule has 0 atom stereocenters. The van der Waals surface area contributed by atoms with Crippen LogP contribution in [0.15, 0.2) is 36.5 Å². The van der Waals surface area contributed by atoms with Gasteiger partial charge in [0.1, 0.15) is 5.75 Å². The molecule has 4 nitrogen and oxygen atoms in total. The Morgan fingerprint density at radius 3 is 2.32 bits per heavy atom. The van der Waals surface area contributed by atoms with Gasteiger partial charge in [0.05, 0.1) is 7.11 Å². The Labute approximate surface area is 116 Å². The zero-order chi connectivity index (χ0) is 15.3. The van der Waals surface area contributed by atoms with Crippen LogP contribution in [0, 0.1) is 0 Å². The van der Waals surface area contributed by atoms with Gasteiger partial charge in [-0.2, -0.15) is 0 Å². The summed E-state index contributed by atoms with van der Waals surface area (Å²) in [7, 11) is 6.82. The van der Waals surface area contributed by atoms with Crippen molar-refractivity contribution < 1.29 is 9.53 Å². The lowest BCUT2D eigenvalue weighted by molar-refractivity contribution is 0.104. The fraction of sp³-hybridized carbons (Fsp3) is 0.400. The molecule has 2 N–H and O–H groups in total. The molecule has 0 bridgehead atoms. The SMILES string of the molecule is CC.CN.COc1cccc(C(=O)/C=C/N(C)C)c1. The first-order valence-corrected chi connectivity index (χ1v) is 6.24. The molecule has 0 amide bonds. The summed E-state index contributed by atoms with van der Waals surface area (Å²) in [6.45, 7) is 4.00. The molecule has 0 saturated heterocycles. The van der Waals surface area contributed by atoms with E-state index in [0.717, 1.165) is 0 Å². The van der Waals surface area contributed by atoms with Crippen LogP contribution < -0.4 is 10.5 Å². The standard InChI is InChI=1S/C12H15NO2.C2H6.CH5N/c1-13(2)8-7-12(14)10-5-4-6-11(9-10)15-3;2*1-2/h4-9H,1-3H3;1-2H3;2H2,1H3/b8-7+;;. The Hall–Kier alpha value is -1.81. The third-order valence-electron chi connectivity index (χ3n) is 1.88. The van der Waals surface area contributed by atoms with E-state index in [1.54, 1.807) is 31.5 Å². The van der Waals surface area contributed by atoms with Crippen LogP contribution in [0.4, 0.5) is 0 Å². The summed E-state index contributed by atoms with van der Waals surface area (Å²) in [4.78, 5) is 13.5. The number of nitrogens with two attached hydrogens (primary N) is 1. The second-order valence-electron chi connectivity index (χ2n) is 3.38. The molecule has 1 aromatic rings. The number of allylic oxidation sites excluding steroid dienone is 1. The van der Waals surface area contributed by atoms with E-state index in [-0.39, 0.29) is 5.78 Å². The van der Waals surface area contributed by atoms with Gasteiger partial charge in [-0.15, -0.1) is 0 Å². The molecule has 4 heteroatoms. The lowest BCUT2D eigenvalue weighted by Crippen LogP contribution is -2.03. The van der Waals surface area contributed by atoms with Crippen molar-refractivity contribution in [3.8, 4) is 5.75 Å². The second kappa shape index (κ2) is 12.6. The Morgan fingerprint density at radius 1 is 1.26 bits per heavy atom. The zero-order valence-corrected chi connectivity index (χ0v) is 12.8. The number of carbonyl (C=O) groups is 1. The first-order chi connectivity index (χ1) is 9.13. The van der Waals surface area contributed by atoms with E-state index >= 15 is 0 Å². The van der Waals surface area contributed by atoms with Crippen molar-refractivity contribution >= 4 is 5.78 Å². The summed E-state index contributed by atoms with van der Waals surface area (Å²) in [5.41, 5.74) is 5.13. The summed E-state index contributed by atoms with van der Waals surface area (Å²) in [6, 6.07) is 7.11. The van der Waals surface area contributed by atoms with Gasteiger partial charge in [-0.3, -0.25) is 4.79 Å². The van der Waals surface area contributed by atoms with Crippen molar-refractivity contribution in [2.75, 3.05) is 28.3 Å². The monoisotopic (exact) mass is 266 g/mol. The fourth-order valence-electron chi connectivity index (χ4n) is 1.09. The van der Waals surface area contributed by atoms with Crippen molar-refractivity contribution in [2.45, 2.75) is 13.8 Å². The molecule has 1 aromatic carbocycles. The van der Waals surface area contributed by atoms with Crippen LogP contribution >= 0.6 is 0 Å². The molecular formula is C15H26N2O2. The molecule has 0 aliphatic rings. The van der Waals surface area contributed by atoms with Gasteiger partial charge in [0, 0.05) is 31.9 Å². The van der Waals surface area contributed by atoms with Gasteiger partial charge in [0.25, 0.3) is 0 Å². The molecule has 0 heterocycles. The minimum Gasteiger partial charge on any atom is -0.497 e. The lowest BCUT2D eigenvalue weighted by Gasteiger charge is -2.03. The van der Waals surface area contributed by atoms with Crippen LogP contribution in [0.25, 0.3) is 0 Å². The number of hydrogen-bond donors (Lipinski definition) is 1. The third-order valence-corrected chi connectivity index (χ3v) is 1.88. The van der Waals surface area contributed by atoms with Crippen LogP contribution in [0.3, 0.4) is 0 Å². The molecule has 108 valence electrons. The number of rotatable bonds is 4. The van der Waals surface area contributed by atoms with Crippen molar-refractivity contribution in [3.63, 3.8) is 0 Å². The van der Waals surface area contributed by atoms with Gasteiger partial charge in [0.2, 0.25) is 0 Å². The van der Waals surface area contributed by atoms with E-state index in [1.807, 2.05) is 38.9 Å². The predicted molar refractivity (Wildman–Crippen MR) is 81.6 cm³/mol. The molecule has 0 aliphatic carbocycles. The van der Waals surface area contributed by atoms with Crippen LogP contribution in [-0.2, 0) is 0 Å². The smallest absolute Gasteiger partial charge is 0.187 e. The Bertz CT molecular complexity index is 374. The highest BCUT2D eigenvalue weighted by atomic mass is 16.5. The van der Waals surface area contributed by atoms with Crippen LogP contribution in [0.5, 0.6) is 5.75 Å². The molecule has 0 aliphatic heterocycles. The number of hydrogen-bond acceptors (Lipinski definition) is 4. The van der Waals surface area contributed by atoms with Crippen molar-refractivity contribution in [1.29, 1.82) is 0 Å². The summed E-state index contributed by atoms with van der Waals surface area (Å²) in [6.07, 6.45) is 3.26. The molecule has 0 spiro atoms. The maximum Gasteiger partial charge on any atom is 0.187 e. The van der Waals surface area contributed by atoms with E-state index in [9.17, 15) is 4.79 Å². The number of ketones is 1. The second-order valence-corrected chi connectivity index (χ2v) is 3.38. The quantitative estimate of drug-likeness (QED) is 0.672. The maximum atomic E-state index is 11.6. The fourth-order valence-corrected chi connectivity index (χ4v) is 1.09. The maximum absolute atomic E-state index is 11.6. The number of methoxy groups -OCH3 is 1. The normalized spacial score (nSPS) is 8.79. The number of ether oxygens (including phenoxy) is 1. The minimum atomic E-state index is -0.0254. The molecule has 0 aromatic heterocycles. The predicted octanol–water partition coefficient (Wildman–Crippen LogP) is 2.55. The van der Waals surface area contributed by atoms with E-state index in [2.05, 4.69) is 5.73 Å². The highest BCUT2D eigenvalue weighted by Gasteiger charge is 2.02.